The Hall–Kier alpha value is -2.54. The first-order valence-corrected chi connectivity index (χ1v) is 7.22. The summed E-state index contributed by atoms with van der Waals surface area (Å²) in [5, 5.41) is 15.1. The molecule has 0 unspecified atom stereocenters. The Morgan fingerprint density at radius 3 is 2.57 bits per heavy atom. The number of carbonyl (C=O) groups excluding carboxylic acids is 1. The van der Waals surface area contributed by atoms with Gasteiger partial charge in [-0.2, -0.15) is 5.10 Å². The Balaban J connectivity index is 1.81. The van der Waals surface area contributed by atoms with Gasteiger partial charge >= 0.3 is 0 Å². The van der Waals surface area contributed by atoms with E-state index in [1.807, 2.05) is 36.7 Å². The van der Waals surface area contributed by atoms with Crippen molar-refractivity contribution in [2.75, 3.05) is 5.32 Å². The van der Waals surface area contributed by atoms with Crippen LogP contribution in [-0.4, -0.2) is 25.9 Å². The Morgan fingerprint density at radius 2 is 2.00 bits per heavy atom. The SMILES string of the molecule is Cc1cc(C)n(-c2ccc(C(=O)Nc3nncs3)cc2)n1. The van der Waals surface area contributed by atoms with Crippen molar-refractivity contribution in [2.45, 2.75) is 13.8 Å². The highest BCUT2D eigenvalue weighted by atomic mass is 32.1. The number of nitrogens with zero attached hydrogens (tertiary/aromatic N) is 4. The molecule has 7 heteroatoms. The maximum Gasteiger partial charge on any atom is 0.257 e. The average Bonchev–Trinajstić information content (AvgIpc) is 3.08. The highest BCUT2D eigenvalue weighted by Crippen LogP contribution is 2.15. The molecule has 0 fully saturated rings. The molecule has 21 heavy (non-hydrogen) atoms. The minimum atomic E-state index is -0.202. The van der Waals surface area contributed by atoms with Crippen LogP contribution in [0.2, 0.25) is 0 Å². The van der Waals surface area contributed by atoms with Crippen molar-refractivity contribution in [3.8, 4) is 5.69 Å². The molecular weight excluding hydrogens is 286 g/mol. The van der Waals surface area contributed by atoms with Gasteiger partial charge < -0.3 is 0 Å². The summed E-state index contributed by atoms with van der Waals surface area (Å²) in [6, 6.07) is 9.28. The van der Waals surface area contributed by atoms with Gasteiger partial charge in [0.1, 0.15) is 5.51 Å². The lowest BCUT2D eigenvalue weighted by atomic mass is 10.2. The summed E-state index contributed by atoms with van der Waals surface area (Å²) in [7, 11) is 0. The number of aryl methyl sites for hydroxylation is 2. The van der Waals surface area contributed by atoms with Crippen LogP contribution in [0.15, 0.2) is 35.8 Å². The van der Waals surface area contributed by atoms with Crippen LogP contribution in [0.1, 0.15) is 21.7 Å². The van der Waals surface area contributed by atoms with E-state index in [0.717, 1.165) is 17.1 Å². The molecule has 2 aromatic heterocycles. The number of anilines is 1. The summed E-state index contributed by atoms with van der Waals surface area (Å²) < 4.78 is 1.85. The maximum atomic E-state index is 12.0. The second-order valence-electron chi connectivity index (χ2n) is 4.58. The molecule has 2 heterocycles. The Labute approximate surface area is 125 Å². The first kappa shape index (κ1) is 13.4. The number of hydrogen-bond acceptors (Lipinski definition) is 5. The van der Waals surface area contributed by atoms with E-state index in [0.29, 0.717) is 10.7 Å². The molecule has 106 valence electrons. The number of rotatable bonds is 3. The third-order valence-electron chi connectivity index (χ3n) is 2.96. The summed E-state index contributed by atoms with van der Waals surface area (Å²) in [6.45, 7) is 3.95. The van der Waals surface area contributed by atoms with Gasteiger partial charge in [0.2, 0.25) is 5.13 Å². The zero-order valence-corrected chi connectivity index (χ0v) is 12.4. The van der Waals surface area contributed by atoms with Gasteiger partial charge in [0.15, 0.2) is 0 Å². The monoisotopic (exact) mass is 299 g/mol. The molecule has 0 aliphatic carbocycles. The van der Waals surface area contributed by atoms with E-state index < -0.39 is 0 Å². The summed E-state index contributed by atoms with van der Waals surface area (Å²) in [5.41, 5.74) is 5.08. The molecule has 0 saturated heterocycles. The van der Waals surface area contributed by atoms with Crippen LogP contribution in [0.4, 0.5) is 5.13 Å². The highest BCUT2D eigenvalue weighted by Gasteiger charge is 2.09. The van der Waals surface area contributed by atoms with E-state index in [2.05, 4.69) is 20.6 Å². The molecular formula is C14H13N5OS. The van der Waals surface area contributed by atoms with Crippen molar-refractivity contribution in [3.05, 3.63) is 52.8 Å². The predicted molar refractivity (Wildman–Crippen MR) is 80.9 cm³/mol. The van der Waals surface area contributed by atoms with Crippen molar-refractivity contribution < 1.29 is 4.79 Å². The molecule has 0 spiro atoms. The van der Waals surface area contributed by atoms with Crippen LogP contribution in [-0.2, 0) is 0 Å². The van der Waals surface area contributed by atoms with Gasteiger partial charge in [0.25, 0.3) is 5.91 Å². The lowest BCUT2D eigenvalue weighted by Gasteiger charge is -2.06. The molecule has 3 aromatic rings. The molecule has 1 amide bonds. The largest absolute Gasteiger partial charge is 0.296 e. The van der Waals surface area contributed by atoms with Crippen molar-refractivity contribution >= 4 is 22.4 Å². The first-order valence-electron chi connectivity index (χ1n) is 6.35. The van der Waals surface area contributed by atoms with Gasteiger partial charge in [0.05, 0.1) is 11.4 Å². The fraction of sp³-hybridized carbons (Fsp3) is 0.143. The zero-order chi connectivity index (χ0) is 14.8. The number of carbonyl (C=O) groups is 1. The Morgan fingerprint density at radius 1 is 1.24 bits per heavy atom. The standard InChI is InChI=1S/C14H13N5OS/c1-9-7-10(2)19(18-9)12-5-3-11(4-6-12)13(20)16-14-17-15-8-21-14/h3-8H,1-2H3,(H,16,17,20). The molecule has 1 N–H and O–H groups in total. The molecule has 0 saturated carbocycles. The van der Waals surface area contributed by atoms with Crippen molar-refractivity contribution in [2.24, 2.45) is 0 Å². The molecule has 0 bridgehead atoms. The van der Waals surface area contributed by atoms with Crippen LogP contribution < -0.4 is 5.32 Å². The lowest BCUT2D eigenvalue weighted by Crippen LogP contribution is -2.12. The van der Waals surface area contributed by atoms with Gasteiger partial charge in [0, 0.05) is 11.3 Å². The number of nitrogens with one attached hydrogen (secondary N) is 1. The maximum absolute atomic E-state index is 12.0. The number of hydrogen-bond donors (Lipinski definition) is 1. The fourth-order valence-electron chi connectivity index (χ4n) is 2.04. The van der Waals surface area contributed by atoms with Gasteiger partial charge in [-0.15, -0.1) is 10.2 Å². The molecule has 1 aromatic carbocycles. The van der Waals surface area contributed by atoms with Crippen LogP contribution >= 0.6 is 11.3 Å². The lowest BCUT2D eigenvalue weighted by molar-refractivity contribution is 0.102. The fourth-order valence-corrected chi connectivity index (χ4v) is 2.48. The van der Waals surface area contributed by atoms with E-state index in [-0.39, 0.29) is 5.91 Å². The molecule has 6 nitrogen and oxygen atoms in total. The van der Waals surface area contributed by atoms with Crippen molar-refractivity contribution in [1.29, 1.82) is 0 Å². The first-order chi connectivity index (χ1) is 10.1. The molecule has 0 aliphatic rings. The van der Waals surface area contributed by atoms with E-state index in [1.165, 1.54) is 11.3 Å². The smallest absolute Gasteiger partial charge is 0.257 e. The van der Waals surface area contributed by atoms with E-state index >= 15 is 0 Å². The quantitative estimate of drug-likeness (QED) is 0.807. The van der Waals surface area contributed by atoms with Gasteiger partial charge in [-0.3, -0.25) is 10.1 Å². The summed E-state index contributed by atoms with van der Waals surface area (Å²) in [6.07, 6.45) is 0. The second kappa shape index (κ2) is 5.45. The average molecular weight is 299 g/mol. The third kappa shape index (κ3) is 2.82. The molecule has 0 atom stereocenters. The van der Waals surface area contributed by atoms with Crippen molar-refractivity contribution in [1.82, 2.24) is 20.0 Å². The van der Waals surface area contributed by atoms with Crippen LogP contribution in [0.3, 0.4) is 0 Å². The molecule has 0 radical (unpaired) electrons. The normalized spacial score (nSPS) is 10.6. The van der Waals surface area contributed by atoms with Crippen LogP contribution in [0, 0.1) is 13.8 Å². The summed E-state index contributed by atoms with van der Waals surface area (Å²) >= 11 is 1.28. The van der Waals surface area contributed by atoms with E-state index in [4.69, 9.17) is 0 Å². The molecule has 3 rings (SSSR count). The number of benzene rings is 1. The minimum Gasteiger partial charge on any atom is -0.296 e. The van der Waals surface area contributed by atoms with Gasteiger partial charge in [-0.25, -0.2) is 4.68 Å². The third-order valence-corrected chi connectivity index (χ3v) is 3.57. The van der Waals surface area contributed by atoms with Gasteiger partial charge in [-0.1, -0.05) is 11.3 Å². The minimum absolute atomic E-state index is 0.202. The Bertz CT molecular complexity index is 761. The number of amides is 1. The summed E-state index contributed by atoms with van der Waals surface area (Å²) in [4.78, 5) is 12.0. The summed E-state index contributed by atoms with van der Waals surface area (Å²) in [5.74, 6) is -0.202. The number of aromatic nitrogens is 4. The predicted octanol–water partition coefficient (Wildman–Crippen LogP) is 2.59. The Kier molecular flexibility index (Phi) is 3.49. The van der Waals surface area contributed by atoms with Gasteiger partial charge in [-0.05, 0) is 44.2 Å². The molecule has 0 aliphatic heterocycles. The topological polar surface area (TPSA) is 72.7 Å². The van der Waals surface area contributed by atoms with Crippen LogP contribution in [0.5, 0.6) is 0 Å². The second-order valence-corrected chi connectivity index (χ2v) is 5.42. The highest BCUT2D eigenvalue weighted by molar-refractivity contribution is 7.13. The van der Waals surface area contributed by atoms with E-state index in [9.17, 15) is 4.79 Å². The van der Waals surface area contributed by atoms with Crippen LogP contribution in [0.25, 0.3) is 5.69 Å². The van der Waals surface area contributed by atoms with Crippen molar-refractivity contribution in [3.63, 3.8) is 0 Å². The van der Waals surface area contributed by atoms with E-state index in [1.54, 1.807) is 17.6 Å². The zero-order valence-electron chi connectivity index (χ0n) is 11.6.